The number of benzene rings is 1. The zero-order valence-corrected chi connectivity index (χ0v) is 10.9. The number of hydrogen-bond donors (Lipinski definition) is 1. The maximum Gasteiger partial charge on any atom is 0.178 e. The minimum absolute atomic E-state index is 0.0132. The third kappa shape index (κ3) is 4.09. The van der Waals surface area contributed by atoms with Crippen LogP contribution in [-0.4, -0.2) is 20.7 Å². The summed E-state index contributed by atoms with van der Waals surface area (Å²) in [5.74, 6) is -0.551. The van der Waals surface area contributed by atoms with Crippen LogP contribution in [0.4, 0.5) is 4.39 Å². The molecule has 96 valence electrons. The molecule has 5 heteroatoms. The largest absolute Gasteiger partial charge is 0.330 e. The molecule has 0 radical (unpaired) electrons. The van der Waals surface area contributed by atoms with Crippen molar-refractivity contribution in [3.63, 3.8) is 0 Å². The van der Waals surface area contributed by atoms with E-state index in [-0.39, 0.29) is 16.1 Å². The monoisotopic (exact) mass is 259 g/mol. The Balaban J connectivity index is 2.83. The van der Waals surface area contributed by atoms with Gasteiger partial charge in [0.15, 0.2) is 9.84 Å². The summed E-state index contributed by atoms with van der Waals surface area (Å²) < 4.78 is 36.8. The molecule has 0 amide bonds. The Morgan fingerprint density at radius 3 is 2.53 bits per heavy atom. The fraction of sp³-hybridized carbons (Fsp3) is 0.500. The van der Waals surface area contributed by atoms with Crippen molar-refractivity contribution in [2.75, 3.05) is 12.3 Å². The van der Waals surface area contributed by atoms with Gasteiger partial charge < -0.3 is 5.73 Å². The molecule has 0 aliphatic rings. The zero-order valence-electron chi connectivity index (χ0n) is 10.1. The van der Waals surface area contributed by atoms with Crippen molar-refractivity contribution in [1.29, 1.82) is 0 Å². The Morgan fingerprint density at radius 2 is 2.00 bits per heavy atom. The third-order valence-corrected chi connectivity index (χ3v) is 4.47. The average molecular weight is 259 g/mol. The van der Waals surface area contributed by atoms with Crippen molar-refractivity contribution >= 4 is 9.84 Å². The normalized spacial score (nSPS) is 12.7. The Labute approximate surface area is 102 Å². The van der Waals surface area contributed by atoms with Gasteiger partial charge in [0, 0.05) is 0 Å². The molecule has 17 heavy (non-hydrogen) atoms. The van der Waals surface area contributed by atoms with E-state index in [1.807, 2.05) is 13.8 Å². The van der Waals surface area contributed by atoms with Crippen LogP contribution in [-0.2, 0) is 9.84 Å². The summed E-state index contributed by atoms with van der Waals surface area (Å²) in [7, 11) is -3.42. The van der Waals surface area contributed by atoms with Crippen molar-refractivity contribution in [1.82, 2.24) is 0 Å². The maximum atomic E-state index is 13.0. The SMILES string of the molecule is CC(C)(CN)CCS(=O)(=O)c1cccc(F)c1. The summed E-state index contributed by atoms with van der Waals surface area (Å²) in [6.07, 6.45) is 0.461. The zero-order chi connectivity index (χ0) is 13.1. The molecule has 1 aromatic carbocycles. The lowest BCUT2D eigenvalue weighted by Crippen LogP contribution is -2.26. The first-order valence-electron chi connectivity index (χ1n) is 5.45. The van der Waals surface area contributed by atoms with E-state index in [0.717, 1.165) is 6.07 Å². The molecule has 0 bridgehead atoms. The Hall–Kier alpha value is -0.940. The van der Waals surface area contributed by atoms with E-state index < -0.39 is 15.7 Å². The number of hydrogen-bond acceptors (Lipinski definition) is 3. The molecule has 1 aromatic rings. The highest BCUT2D eigenvalue weighted by Crippen LogP contribution is 2.22. The highest BCUT2D eigenvalue weighted by molar-refractivity contribution is 7.91. The molecule has 0 aliphatic heterocycles. The van der Waals surface area contributed by atoms with E-state index in [4.69, 9.17) is 5.73 Å². The standard InChI is InChI=1S/C12H18FNO2S/c1-12(2,9-14)6-7-17(15,16)11-5-3-4-10(13)8-11/h3-5,8H,6-7,9,14H2,1-2H3. The van der Waals surface area contributed by atoms with Crippen LogP contribution in [0.2, 0.25) is 0 Å². The molecule has 0 fully saturated rings. The van der Waals surface area contributed by atoms with Crippen molar-refractivity contribution in [3.05, 3.63) is 30.1 Å². The first kappa shape index (κ1) is 14.1. The van der Waals surface area contributed by atoms with E-state index >= 15 is 0 Å². The lowest BCUT2D eigenvalue weighted by Gasteiger charge is -2.21. The lowest BCUT2D eigenvalue weighted by atomic mass is 9.91. The Kier molecular flexibility index (Phi) is 4.27. The average Bonchev–Trinajstić information content (AvgIpc) is 2.27. The molecule has 0 unspecified atom stereocenters. The van der Waals surface area contributed by atoms with Gasteiger partial charge in [-0.3, -0.25) is 0 Å². The van der Waals surface area contributed by atoms with Crippen LogP contribution in [0.25, 0.3) is 0 Å². The maximum absolute atomic E-state index is 13.0. The fourth-order valence-corrected chi connectivity index (χ4v) is 2.93. The predicted octanol–water partition coefficient (Wildman–Crippen LogP) is 1.97. The fourth-order valence-electron chi connectivity index (χ4n) is 1.29. The second-order valence-electron chi connectivity index (χ2n) is 4.89. The summed E-state index contributed by atoms with van der Waals surface area (Å²) in [5.41, 5.74) is 5.32. The molecule has 0 heterocycles. The van der Waals surface area contributed by atoms with Gasteiger partial charge in [0.05, 0.1) is 10.6 Å². The van der Waals surface area contributed by atoms with E-state index in [9.17, 15) is 12.8 Å². The summed E-state index contributed by atoms with van der Waals surface area (Å²) in [6.45, 7) is 4.24. The van der Waals surface area contributed by atoms with Gasteiger partial charge in [-0.25, -0.2) is 12.8 Å². The second-order valence-corrected chi connectivity index (χ2v) is 7.00. The van der Waals surface area contributed by atoms with Crippen LogP contribution in [0.3, 0.4) is 0 Å². The highest BCUT2D eigenvalue weighted by Gasteiger charge is 2.22. The van der Waals surface area contributed by atoms with Gasteiger partial charge >= 0.3 is 0 Å². The van der Waals surface area contributed by atoms with Crippen LogP contribution in [0.5, 0.6) is 0 Å². The first-order chi connectivity index (χ1) is 7.77. The van der Waals surface area contributed by atoms with Crippen LogP contribution >= 0.6 is 0 Å². The van der Waals surface area contributed by atoms with Crippen molar-refractivity contribution in [3.8, 4) is 0 Å². The second kappa shape index (κ2) is 5.14. The number of rotatable bonds is 5. The smallest absolute Gasteiger partial charge is 0.178 e. The Bertz CT molecular complexity index is 483. The minimum atomic E-state index is -3.42. The van der Waals surface area contributed by atoms with Gasteiger partial charge in [-0.05, 0) is 36.6 Å². The van der Waals surface area contributed by atoms with E-state index in [1.54, 1.807) is 0 Å². The molecule has 0 saturated carbocycles. The van der Waals surface area contributed by atoms with E-state index in [2.05, 4.69) is 0 Å². The molecule has 0 spiro atoms. The van der Waals surface area contributed by atoms with Crippen LogP contribution in [0.15, 0.2) is 29.2 Å². The topological polar surface area (TPSA) is 60.2 Å². The number of halogens is 1. The summed E-state index contributed by atoms with van der Waals surface area (Å²) >= 11 is 0. The molecular weight excluding hydrogens is 241 g/mol. The molecule has 0 atom stereocenters. The predicted molar refractivity (Wildman–Crippen MR) is 65.9 cm³/mol. The lowest BCUT2D eigenvalue weighted by molar-refractivity contribution is 0.365. The highest BCUT2D eigenvalue weighted by atomic mass is 32.2. The van der Waals surface area contributed by atoms with Crippen LogP contribution < -0.4 is 5.73 Å². The van der Waals surface area contributed by atoms with Gasteiger partial charge in [-0.2, -0.15) is 0 Å². The van der Waals surface area contributed by atoms with Crippen LogP contribution in [0, 0.1) is 11.2 Å². The summed E-state index contributed by atoms with van der Waals surface area (Å²) in [4.78, 5) is 0.0327. The minimum Gasteiger partial charge on any atom is -0.330 e. The van der Waals surface area contributed by atoms with Gasteiger partial charge in [0.2, 0.25) is 0 Å². The summed E-state index contributed by atoms with van der Waals surface area (Å²) in [5, 5.41) is 0. The molecule has 0 saturated heterocycles. The van der Waals surface area contributed by atoms with Crippen molar-refractivity contribution in [2.24, 2.45) is 11.1 Å². The first-order valence-corrected chi connectivity index (χ1v) is 7.10. The Morgan fingerprint density at radius 1 is 1.35 bits per heavy atom. The van der Waals surface area contributed by atoms with Crippen molar-refractivity contribution in [2.45, 2.75) is 25.2 Å². The molecule has 2 N–H and O–H groups in total. The quantitative estimate of drug-likeness (QED) is 0.879. The molecular formula is C12H18FNO2S. The third-order valence-electron chi connectivity index (χ3n) is 2.76. The number of nitrogens with two attached hydrogens (primary N) is 1. The summed E-state index contributed by atoms with van der Waals surface area (Å²) in [6, 6.07) is 5.08. The van der Waals surface area contributed by atoms with Crippen LogP contribution in [0.1, 0.15) is 20.3 Å². The number of sulfone groups is 1. The molecule has 0 aromatic heterocycles. The van der Waals surface area contributed by atoms with E-state index in [0.29, 0.717) is 13.0 Å². The van der Waals surface area contributed by atoms with Gasteiger partial charge in [-0.1, -0.05) is 19.9 Å². The van der Waals surface area contributed by atoms with Gasteiger partial charge in [0.25, 0.3) is 0 Å². The molecule has 1 rings (SSSR count). The van der Waals surface area contributed by atoms with Gasteiger partial charge in [-0.15, -0.1) is 0 Å². The van der Waals surface area contributed by atoms with Gasteiger partial charge in [0.1, 0.15) is 5.82 Å². The van der Waals surface area contributed by atoms with Crippen molar-refractivity contribution < 1.29 is 12.8 Å². The molecule has 0 aliphatic carbocycles. The molecule has 3 nitrogen and oxygen atoms in total. The van der Waals surface area contributed by atoms with E-state index in [1.165, 1.54) is 18.2 Å².